The maximum absolute atomic E-state index is 13.1. The molecule has 0 bridgehead atoms. The molecule has 0 unspecified atom stereocenters. The highest BCUT2D eigenvalue weighted by molar-refractivity contribution is 5.89. The monoisotopic (exact) mass is 349 g/mol. The maximum Gasteiger partial charge on any atom is 0.322 e. The van der Waals surface area contributed by atoms with E-state index in [1.54, 1.807) is 12.1 Å². The number of hydrogen-bond acceptors (Lipinski definition) is 1. The van der Waals surface area contributed by atoms with Crippen LogP contribution in [0.1, 0.15) is 30.6 Å². The third kappa shape index (κ3) is 2.86. The van der Waals surface area contributed by atoms with E-state index < -0.39 is 0 Å². The molecule has 0 radical (unpaired) electrons. The average molecular weight is 349 g/mol. The lowest BCUT2D eigenvalue weighted by molar-refractivity contribution is 0.181. The molecule has 0 spiro atoms. The van der Waals surface area contributed by atoms with Gasteiger partial charge in [0.05, 0.1) is 18.3 Å². The van der Waals surface area contributed by atoms with E-state index in [4.69, 9.17) is 0 Å². The van der Waals surface area contributed by atoms with Crippen molar-refractivity contribution in [3.63, 3.8) is 0 Å². The van der Waals surface area contributed by atoms with E-state index in [1.807, 2.05) is 29.3 Å². The number of anilines is 1. The lowest BCUT2D eigenvalue weighted by Gasteiger charge is -2.29. The molecule has 0 saturated heterocycles. The van der Waals surface area contributed by atoms with Gasteiger partial charge < -0.3 is 14.8 Å². The smallest absolute Gasteiger partial charge is 0.318 e. The predicted octanol–water partition coefficient (Wildman–Crippen LogP) is 5.12. The molecular weight excluding hydrogens is 329 g/mol. The molecule has 0 aliphatic carbocycles. The van der Waals surface area contributed by atoms with Crippen LogP contribution in [0.3, 0.4) is 0 Å². The number of urea groups is 1. The lowest BCUT2D eigenvalue weighted by Crippen LogP contribution is -2.37. The van der Waals surface area contributed by atoms with Crippen LogP contribution in [0, 0.1) is 5.82 Å². The second-order valence-electron chi connectivity index (χ2n) is 6.42. The van der Waals surface area contributed by atoms with Gasteiger partial charge >= 0.3 is 6.03 Å². The number of fused-ring (bicyclic) bond motifs is 3. The Bertz CT molecular complexity index is 932. The van der Waals surface area contributed by atoms with Gasteiger partial charge in [-0.25, -0.2) is 9.18 Å². The molecular formula is C21H20FN3O. The topological polar surface area (TPSA) is 37.3 Å². The molecule has 1 aliphatic rings. The minimum atomic E-state index is -0.323. The summed E-state index contributed by atoms with van der Waals surface area (Å²) in [6, 6.07) is 17.8. The fourth-order valence-electron chi connectivity index (χ4n) is 3.59. The Labute approximate surface area is 151 Å². The van der Waals surface area contributed by atoms with Crippen molar-refractivity contribution in [3.8, 4) is 5.69 Å². The first kappa shape index (κ1) is 16.4. The average Bonchev–Trinajstić information content (AvgIpc) is 3.08. The summed E-state index contributed by atoms with van der Waals surface area (Å²) in [7, 11) is 0. The molecule has 1 aromatic heterocycles. The maximum atomic E-state index is 13.1. The summed E-state index contributed by atoms with van der Waals surface area (Å²) in [5.74, 6) is -0.323. The van der Waals surface area contributed by atoms with E-state index in [0.717, 1.165) is 23.4 Å². The van der Waals surface area contributed by atoms with Gasteiger partial charge in [0.15, 0.2) is 0 Å². The number of nitrogens with zero attached hydrogens (tertiary/aromatic N) is 2. The molecule has 3 aromatic rings. The summed E-state index contributed by atoms with van der Waals surface area (Å²) < 4.78 is 15.3. The molecule has 26 heavy (non-hydrogen) atoms. The zero-order valence-electron chi connectivity index (χ0n) is 14.5. The van der Waals surface area contributed by atoms with Crippen molar-refractivity contribution in [2.45, 2.75) is 25.9 Å². The number of aromatic nitrogens is 1. The molecule has 2 heterocycles. The number of benzene rings is 2. The standard InChI is InChI=1S/C21H20FN3O/c1-2-18-20-8-5-13-24(20)19-7-4-3-6-15(19)14-25(18)21(26)23-17-11-9-16(22)10-12-17/h3-13,18H,2,14H2,1H3,(H,23,26)/t18-/m0/s1. The SMILES string of the molecule is CC[C@H]1c2cccn2-c2ccccc2CN1C(=O)Nc1ccc(F)cc1. The molecule has 1 atom stereocenters. The van der Waals surface area contributed by atoms with Crippen LogP contribution in [-0.2, 0) is 6.54 Å². The van der Waals surface area contributed by atoms with Crippen molar-refractivity contribution in [1.29, 1.82) is 0 Å². The van der Waals surface area contributed by atoms with Gasteiger partial charge in [0.2, 0.25) is 0 Å². The number of hydrogen-bond donors (Lipinski definition) is 1. The van der Waals surface area contributed by atoms with E-state index >= 15 is 0 Å². The van der Waals surface area contributed by atoms with Gasteiger partial charge in [0.1, 0.15) is 5.82 Å². The van der Waals surface area contributed by atoms with E-state index in [0.29, 0.717) is 12.2 Å². The quantitative estimate of drug-likeness (QED) is 0.685. The molecule has 1 N–H and O–H groups in total. The van der Waals surface area contributed by atoms with Gasteiger partial charge in [-0.15, -0.1) is 0 Å². The number of rotatable bonds is 2. The highest BCUT2D eigenvalue weighted by Crippen LogP contribution is 2.34. The Morgan fingerprint density at radius 3 is 2.65 bits per heavy atom. The summed E-state index contributed by atoms with van der Waals surface area (Å²) in [4.78, 5) is 14.9. The van der Waals surface area contributed by atoms with Crippen LogP contribution >= 0.6 is 0 Å². The number of carbonyl (C=O) groups is 1. The first-order valence-electron chi connectivity index (χ1n) is 8.76. The van der Waals surface area contributed by atoms with E-state index in [-0.39, 0.29) is 17.9 Å². The zero-order chi connectivity index (χ0) is 18.1. The molecule has 1 aliphatic heterocycles. The summed E-state index contributed by atoms with van der Waals surface area (Å²) in [5, 5.41) is 2.90. The molecule has 5 heteroatoms. The molecule has 2 aromatic carbocycles. The second kappa shape index (κ2) is 6.67. The van der Waals surface area contributed by atoms with E-state index in [1.165, 1.54) is 12.1 Å². The Kier molecular flexibility index (Phi) is 4.21. The first-order valence-corrected chi connectivity index (χ1v) is 8.76. The number of carbonyl (C=O) groups excluding carboxylic acids is 1. The Hall–Kier alpha value is -3.08. The Morgan fingerprint density at radius 1 is 1.12 bits per heavy atom. The summed E-state index contributed by atoms with van der Waals surface area (Å²) in [6.07, 6.45) is 2.84. The minimum Gasteiger partial charge on any atom is -0.318 e. The van der Waals surface area contributed by atoms with Crippen molar-refractivity contribution < 1.29 is 9.18 Å². The van der Waals surface area contributed by atoms with Crippen LogP contribution in [0.15, 0.2) is 66.9 Å². The van der Waals surface area contributed by atoms with Crippen molar-refractivity contribution in [2.24, 2.45) is 0 Å². The van der Waals surface area contributed by atoms with Crippen LogP contribution in [0.5, 0.6) is 0 Å². The largest absolute Gasteiger partial charge is 0.322 e. The predicted molar refractivity (Wildman–Crippen MR) is 99.8 cm³/mol. The van der Waals surface area contributed by atoms with Crippen molar-refractivity contribution in [1.82, 2.24) is 9.47 Å². The third-order valence-corrected chi connectivity index (χ3v) is 4.83. The van der Waals surface area contributed by atoms with Crippen LogP contribution < -0.4 is 5.32 Å². The van der Waals surface area contributed by atoms with Crippen LogP contribution in [0.4, 0.5) is 14.9 Å². The number of nitrogens with one attached hydrogen (secondary N) is 1. The fraction of sp³-hybridized carbons (Fsp3) is 0.190. The van der Waals surface area contributed by atoms with Gasteiger partial charge in [-0.3, -0.25) is 0 Å². The number of halogens is 1. The van der Waals surface area contributed by atoms with E-state index in [2.05, 4.69) is 35.0 Å². The van der Waals surface area contributed by atoms with Crippen LogP contribution in [0.2, 0.25) is 0 Å². The van der Waals surface area contributed by atoms with E-state index in [9.17, 15) is 9.18 Å². The van der Waals surface area contributed by atoms with Gasteiger partial charge in [0.25, 0.3) is 0 Å². The normalized spacial score (nSPS) is 15.8. The van der Waals surface area contributed by atoms with Crippen molar-refractivity contribution >= 4 is 11.7 Å². The van der Waals surface area contributed by atoms with Crippen molar-refractivity contribution in [2.75, 3.05) is 5.32 Å². The van der Waals surface area contributed by atoms with Gasteiger partial charge in [0, 0.05) is 17.6 Å². The first-order chi connectivity index (χ1) is 12.7. The van der Waals surface area contributed by atoms with Gasteiger partial charge in [-0.05, 0) is 54.4 Å². The summed E-state index contributed by atoms with van der Waals surface area (Å²) in [5.41, 5.74) is 3.86. The highest BCUT2D eigenvalue weighted by atomic mass is 19.1. The van der Waals surface area contributed by atoms with Crippen LogP contribution in [0.25, 0.3) is 5.69 Å². The Morgan fingerprint density at radius 2 is 1.88 bits per heavy atom. The number of amides is 2. The summed E-state index contributed by atoms with van der Waals surface area (Å²) >= 11 is 0. The molecule has 4 rings (SSSR count). The third-order valence-electron chi connectivity index (χ3n) is 4.83. The minimum absolute atomic E-state index is 0.0437. The molecule has 0 saturated carbocycles. The molecule has 2 amide bonds. The highest BCUT2D eigenvalue weighted by Gasteiger charge is 2.30. The van der Waals surface area contributed by atoms with Crippen LogP contribution in [-0.4, -0.2) is 15.5 Å². The molecule has 0 fully saturated rings. The number of para-hydroxylation sites is 1. The summed E-state index contributed by atoms with van der Waals surface area (Å²) in [6.45, 7) is 2.60. The van der Waals surface area contributed by atoms with Gasteiger partial charge in [-0.2, -0.15) is 0 Å². The Balaban J connectivity index is 1.71. The zero-order valence-corrected chi connectivity index (χ0v) is 14.5. The molecule has 132 valence electrons. The second-order valence-corrected chi connectivity index (χ2v) is 6.42. The van der Waals surface area contributed by atoms with Gasteiger partial charge in [-0.1, -0.05) is 25.1 Å². The lowest BCUT2D eigenvalue weighted by atomic mass is 10.1. The van der Waals surface area contributed by atoms with Crippen molar-refractivity contribution in [3.05, 3.63) is 83.9 Å². The molecule has 4 nitrogen and oxygen atoms in total. The fourth-order valence-corrected chi connectivity index (χ4v) is 3.59.